The number of aromatic nitrogens is 1. The van der Waals surface area contributed by atoms with Gasteiger partial charge in [0.1, 0.15) is 0 Å². The number of nitrogens with zero attached hydrogens (tertiary/aromatic N) is 1. The maximum absolute atomic E-state index is 6.07. The van der Waals surface area contributed by atoms with Gasteiger partial charge < -0.3 is 5.73 Å². The second kappa shape index (κ2) is 3.29. The maximum atomic E-state index is 6.07. The summed E-state index contributed by atoms with van der Waals surface area (Å²) >= 11 is 0. The molecule has 1 aromatic carbocycles. The number of para-hydroxylation sites is 1. The van der Waals surface area contributed by atoms with E-state index in [2.05, 4.69) is 31.2 Å². The topological polar surface area (TPSA) is 38.9 Å². The molecule has 0 radical (unpaired) electrons. The monoisotopic (exact) mass is 212 g/mol. The molecule has 16 heavy (non-hydrogen) atoms. The molecule has 82 valence electrons. The van der Waals surface area contributed by atoms with Crippen molar-refractivity contribution in [3.05, 3.63) is 42.1 Å². The van der Waals surface area contributed by atoms with Crippen LogP contribution in [0.3, 0.4) is 0 Å². The summed E-state index contributed by atoms with van der Waals surface area (Å²) in [6.07, 6.45) is 2.35. The zero-order valence-electron chi connectivity index (χ0n) is 9.48. The van der Waals surface area contributed by atoms with Crippen LogP contribution < -0.4 is 5.73 Å². The van der Waals surface area contributed by atoms with E-state index in [9.17, 15) is 0 Å². The fourth-order valence-corrected chi connectivity index (χ4v) is 2.42. The normalized spacial score (nSPS) is 19.6. The Kier molecular flexibility index (Phi) is 2.01. The number of pyridine rings is 1. The molecule has 2 heteroatoms. The summed E-state index contributed by atoms with van der Waals surface area (Å²) in [5, 5.41) is 1.20. The first-order valence-electron chi connectivity index (χ1n) is 5.84. The third-order valence-corrected chi connectivity index (χ3v) is 3.77. The molecule has 1 atom stereocenters. The van der Waals surface area contributed by atoms with E-state index < -0.39 is 0 Å². The van der Waals surface area contributed by atoms with Gasteiger partial charge in [0.25, 0.3) is 0 Å². The van der Waals surface area contributed by atoms with Gasteiger partial charge >= 0.3 is 0 Å². The molecule has 0 saturated heterocycles. The van der Waals surface area contributed by atoms with Crippen LogP contribution in [0.1, 0.15) is 25.5 Å². The highest BCUT2D eigenvalue weighted by molar-refractivity contribution is 5.78. The molecule has 1 aliphatic carbocycles. The molecule has 1 fully saturated rings. The second-order valence-corrected chi connectivity index (χ2v) is 4.83. The first-order valence-corrected chi connectivity index (χ1v) is 5.84. The van der Waals surface area contributed by atoms with Crippen molar-refractivity contribution >= 4 is 10.9 Å². The third kappa shape index (κ3) is 1.34. The molecule has 1 saturated carbocycles. The summed E-state index contributed by atoms with van der Waals surface area (Å²) in [6.45, 7) is 2.09. The number of fused-ring (bicyclic) bond motifs is 1. The summed E-state index contributed by atoms with van der Waals surface area (Å²) in [7, 11) is 0. The number of benzene rings is 1. The Balaban J connectivity index is 2.12. The van der Waals surface area contributed by atoms with Crippen LogP contribution in [0.15, 0.2) is 36.4 Å². The standard InChI is InChI=1S/C14H16N2/c1-10(15)14(8-9-14)13-7-6-11-4-2-3-5-12(11)16-13/h2-7,10H,8-9,15H2,1H3. The first kappa shape index (κ1) is 9.79. The second-order valence-electron chi connectivity index (χ2n) is 4.83. The Labute approximate surface area is 95.5 Å². The predicted molar refractivity (Wildman–Crippen MR) is 66.3 cm³/mol. The van der Waals surface area contributed by atoms with Crippen LogP contribution in [0.25, 0.3) is 10.9 Å². The molecular formula is C14H16N2. The van der Waals surface area contributed by atoms with Gasteiger partial charge in [-0.2, -0.15) is 0 Å². The van der Waals surface area contributed by atoms with Gasteiger partial charge in [-0.15, -0.1) is 0 Å². The zero-order chi connectivity index (χ0) is 11.2. The van der Waals surface area contributed by atoms with E-state index >= 15 is 0 Å². The smallest absolute Gasteiger partial charge is 0.0705 e. The Hall–Kier alpha value is -1.41. The molecule has 1 unspecified atom stereocenters. The zero-order valence-corrected chi connectivity index (χ0v) is 9.48. The molecule has 1 heterocycles. The molecule has 2 N–H and O–H groups in total. The minimum absolute atomic E-state index is 0.157. The van der Waals surface area contributed by atoms with E-state index in [-0.39, 0.29) is 11.5 Å². The van der Waals surface area contributed by atoms with E-state index in [1.807, 2.05) is 12.1 Å². The molecule has 0 amide bonds. The number of rotatable bonds is 2. The van der Waals surface area contributed by atoms with E-state index in [0.29, 0.717) is 0 Å². The van der Waals surface area contributed by atoms with Crippen LogP contribution in [-0.4, -0.2) is 11.0 Å². The van der Waals surface area contributed by atoms with Gasteiger partial charge in [0, 0.05) is 22.5 Å². The van der Waals surface area contributed by atoms with E-state index in [0.717, 1.165) is 5.52 Å². The predicted octanol–water partition coefficient (Wildman–Crippen LogP) is 2.61. The van der Waals surface area contributed by atoms with Crippen LogP contribution in [0.5, 0.6) is 0 Å². The van der Waals surface area contributed by atoms with Gasteiger partial charge in [0.2, 0.25) is 0 Å². The van der Waals surface area contributed by atoms with Gasteiger partial charge in [-0.05, 0) is 31.9 Å². The fraction of sp³-hybridized carbons (Fsp3) is 0.357. The SMILES string of the molecule is CC(N)C1(c2ccc3ccccc3n2)CC1. The highest BCUT2D eigenvalue weighted by atomic mass is 14.8. The van der Waals surface area contributed by atoms with Crippen LogP contribution in [0, 0.1) is 0 Å². The van der Waals surface area contributed by atoms with Crippen LogP contribution in [0.4, 0.5) is 0 Å². The Bertz CT molecular complexity index is 527. The Morgan fingerprint density at radius 3 is 2.62 bits per heavy atom. The molecule has 2 aromatic rings. The summed E-state index contributed by atoms with van der Waals surface area (Å²) in [6, 6.07) is 12.7. The van der Waals surface area contributed by atoms with E-state index in [1.54, 1.807) is 0 Å². The molecule has 3 rings (SSSR count). The van der Waals surface area contributed by atoms with Crippen molar-refractivity contribution in [2.75, 3.05) is 0 Å². The lowest BCUT2D eigenvalue weighted by Crippen LogP contribution is -2.32. The minimum Gasteiger partial charge on any atom is -0.327 e. The molecule has 0 aliphatic heterocycles. The lowest BCUT2D eigenvalue weighted by molar-refractivity contribution is 0.544. The van der Waals surface area contributed by atoms with Crippen LogP contribution >= 0.6 is 0 Å². The quantitative estimate of drug-likeness (QED) is 0.831. The molecule has 0 spiro atoms. The van der Waals surface area contributed by atoms with E-state index in [1.165, 1.54) is 23.9 Å². The molecular weight excluding hydrogens is 196 g/mol. The summed E-state index contributed by atoms with van der Waals surface area (Å²) in [5.41, 5.74) is 8.47. The average Bonchev–Trinajstić information content (AvgIpc) is 3.09. The van der Waals surface area contributed by atoms with Crippen LogP contribution in [0.2, 0.25) is 0 Å². The number of hydrogen-bond acceptors (Lipinski definition) is 2. The van der Waals surface area contributed by atoms with Crippen molar-refractivity contribution in [3.8, 4) is 0 Å². The van der Waals surface area contributed by atoms with Crippen molar-refractivity contribution in [2.45, 2.75) is 31.2 Å². The molecule has 1 aromatic heterocycles. The molecule has 2 nitrogen and oxygen atoms in total. The van der Waals surface area contributed by atoms with E-state index in [4.69, 9.17) is 10.7 Å². The van der Waals surface area contributed by atoms with Crippen molar-refractivity contribution in [3.63, 3.8) is 0 Å². The Morgan fingerprint density at radius 1 is 1.19 bits per heavy atom. The van der Waals surface area contributed by atoms with Gasteiger partial charge in [-0.1, -0.05) is 24.3 Å². The summed E-state index contributed by atoms with van der Waals surface area (Å²) in [4.78, 5) is 4.75. The Morgan fingerprint density at radius 2 is 1.94 bits per heavy atom. The average molecular weight is 212 g/mol. The van der Waals surface area contributed by atoms with Crippen molar-refractivity contribution in [1.82, 2.24) is 4.98 Å². The lowest BCUT2D eigenvalue weighted by atomic mass is 9.93. The fourth-order valence-electron chi connectivity index (χ4n) is 2.42. The van der Waals surface area contributed by atoms with Gasteiger partial charge in [-0.25, -0.2) is 0 Å². The largest absolute Gasteiger partial charge is 0.327 e. The number of nitrogens with two attached hydrogens (primary N) is 1. The van der Waals surface area contributed by atoms with Gasteiger partial charge in [0.05, 0.1) is 5.52 Å². The third-order valence-electron chi connectivity index (χ3n) is 3.77. The van der Waals surface area contributed by atoms with Crippen molar-refractivity contribution in [2.24, 2.45) is 5.73 Å². The minimum atomic E-state index is 0.157. The highest BCUT2D eigenvalue weighted by Gasteiger charge is 2.48. The summed E-state index contributed by atoms with van der Waals surface area (Å²) < 4.78 is 0. The van der Waals surface area contributed by atoms with Gasteiger partial charge in [0.15, 0.2) is 0 Å². The van der Waals surface area contributed by atoms with Crippen molar-refractivity contribution in [1.29, 1.82) is 0 Å². The molecule has 0 bridgehead atoms. The number of hydrogen-bond donors (Lipinski definition) is 1. The molecule has 1 aliphatic rings. The lowest BCUT2D eigenvalue weighted by Gasteiger charge is -2.19. The van der Waals surface area contributed by atoms with Gasteiger partial charge in [-0.3, -0.25) is 4.98 Å². The highest BCUT2D eigenvalue weighted by Crippen LogP contribution is 2.49. The van der Waals surface area contributed by atoms with Crippen LogP contribution in [-0.2, 0) is 5.41 Å². The first-order chi connectivity index (χ1) is 7.72. The maximum Gasteiger partial charge on any atom is 0.0705 e. The van der Waals surface area contributed by atoms with Crippen molar-refractivity contribution < 1.29 is 0 Å². The summed E-state index contributed by atoms with van der Waals surface area (Å²) in [5.74, 6) is 0.